The fraction of sp³-hybridized carbons (Fsp3) is 0.632. The van der Waals surface area contributed by atoms with Gasteiger partial charge in [0.05, 0.1) is 11.7 Å². The maximum absolute atomic E-state index is 12.1. The van der Waals surface area contributed by atoms with Crippen LogP contribution in [0.15, 0.2) is 24.3 Å². The summed E-state index contributed by atoms with van der Waals surface area (Å²) in [7, 11) is 0. The topological polar surface area (TPSA) is 35.5 Å². The first-order valence-electron chi connectivity index (χ1n) is 8.41. The Hall–Kier alpha value is -1.35. The summed E-state index contributed by atoms with van der Waals surface area (Å²) >= 11 is 0. The van der Waals surface area contributed by atoms with Crippen LogP contribution in [-0.2, 0) is 15.3 Å². The van der Waals surface area contributed by atoms with E-state index in [1.807, 2.05) is 31.2 Å². The van der Waals surface area contributed by atoms with Gasteiger partial charge in [0.2, 0.25) is 5.79 Å². The number of fused-ring (bicyclic) bond motifs is 1. The van der Waals surface area contributed by atoms with Crippen molar-refractivity contribution in [3.05, 3.63) is 35.4 Å². The fourth-order valence-corrected chi connectivity index (χ4v) is 3.97. The van der Waals surface area contributed by atoms with Gasteiger partial charge in [0, 0.05) is 12.5 Å². The molecule has 2 aliphatic rings. The highest BCUT2D eigenvalue weighted by atomic mass is 16.7. The lowest BCUT2D eigenvalue weighted by atomic mass is 9.75. The molecule has 3 nitrogen and oxygen atoms in total. The van der Waals surface area contributed by atoms with Crippen molar-refractivity contribution in [3.63, 3.8) is 0 Å². The van der Waals surface area contributed by atoms with Crippen LogP contribution in [0, 0.1) is 17.8 Å². The lowest BCUT2D eigenvalue weighted by molar-refractivity contribution is -0.240. The zero-order valence-corrected chi connectivity index (χ0v) is 14.0. The van der Waals surface area contributed by atoms with Gasteiger partial charge in [0.25, 0.3) is 0 Å². The minimum atomic E-state index is -0.942. The Morgan fingerprint density at radius 1 is 1.27 bits per heavy atom. The van der Waals surface area contributed by atoms with Gasteiger partial charge in [-0.15, -0.1) is 0 Å². The van der Waals surface area contributed by atoms with Gasteiger partial charge >= 0.3 is 5.97 Å². The molecule has 1 saturated carbocycles. The molecule has 0 N–H and O–H groups in total. The van der Waals surface area contributed by atoms with E-state index < -0.39 is 5.79 Å². The molecule has 120 valence electrons. The molecule has 1 unspecified atom stereocenters. The van der Waals surface area contributed by atoms with E-state index in [0.29, 0.717) is 23.3 Å². The third kappa shape index (κ3) is 2.67. The molecule has 1 aliphatic heterocycles. The summed E-state index contributed by atoms with van der Waals surface area (Å²) < 4.78 is 12.1. The molecule has 0 amide bonds. The number of benzene rings is 1. The molecule has 0 spiro atoms. The largest absolute Gasteiger partial charge is 0.425 e. The van der Waals surface area contributed by atoms with E-state index in [0.717, 1.165) is 12.0 Å². The number of rotatable bonds is 3. The van der Waals surface area contributed by atoms with Crippen LogP contribution in [0.3, 0.4) is 0 Å². The van der Waals surface area contributed by atoms with E-state index in [9.17, 15) is 4.79 Å². The smallest absolute Gasteiger partial charge is 0.341 e. The Bertz CT molecular complexity index is 566. The summed E-state index contributed by atoms with van der Waals surface area (Å²) in [6.07, 6.45) is 3.64. The van der Waals surface area contributed by atoms with Gasteiger partial charge < -0.3 is 9.47 Å². The van der Waals surface area contributed by atoms with Crippen molar-refractivity contribution < 1.29 is 14.3 Å². The second-order valence-electron chi connectivity index (χ2n) is 7.36. The van der Waals surface area contributed by atoms with Crippen LogP contribution in [0.1, 0.15) is 62.9 Å². The third-order valence-corrected chi connectivity index (χ3v) is 5.26. The van der Waals surface area contributed by atoms with Crippen LogP contribution in [0.4, 0.5) is 0 Å². The van der Waals surface area contributed by atoms with Crippen molar-refractivity contribution >= 4 is 5.97 Å². The summed E-state index contributed by atoms with van der Waals surface area (Å²) in [5, 5.41) is 0. The number of esters is 1. The van der Waals surface area contributed by atoms with Gasteiger partial charge in [-0.3, -0.25) is 0 Å². The third-order valence-electron chi connectivity index (χ3n) is 5.26. The van der Waals surface area contributed by atoms with E-state index in [-0.39, 0.29) is 12.1 Å². The molecular formula is C19H26O3. The predicted molar refractivity (Wildman–Crippen MR) is 85.4 cm³/mol. The second-order valence-corrected chi connectivity index (χ2v) is 7.36. The highest BCUT2D eigenvalue weighted by Gasteiger charge is 2.46. The van der Waals surface area contributed by atoms with E-state index in [2.05, 4.69) is 20.8 Å². The average Bonchev–Trinajstić information content (AvgIpc) is 2.71. The lowest BCUT2D eigenvalue weighted by Crippen LogP contribution is -2.40. The van der Waals surface area contributed by atoms with Crippen LogP contribution in [0.25, 0.3) is 0 Å². The van der Waals surface area contributed by atoms with Gasteiger partial charge in [-0.25, -0.2) is 4.79 Å². The van der Waals surface area contributed by atoms with Gasteiger partial charge in [-0.05, 0) is 36.7 Å². The lowest BCUT2D eigenvalue weighted by Gasteiger charge is -2.40. The van der Waals surface area contributed by atoms with E-state index >= 15 is 0 Å². The van der Waals surface area contributed by atoms with Crippen molar-refractivity contribution in [2.75, 3.05) is 0 Å². The molecule has 22 heavy (non-hydrogen) atoms. The number of carbonyl (C=O) groups excluding carboxylic acids is 1. The quantitative estimate of drug-likeness (QED) is 0.771. The minimum absolute atomic E-state index is 0.146. The summed E-state index contributed by atoms with van der Waals surface area (Å²) in [6, 6.07) is 7.56. The first kappa shape index (κ1) is 15.5. The van der Waals surface area contributed by atoms with Crippen molar-refractivity contribution in [1.29, 1.82) is 0 Å². The molecule has 0 aromatic heterocycles. The van der Waals surface area contributed by atoms with Gasteiger partial charge in [0.1, 0.15) is 0 Å². The number of hydrogen-bond acceptors (Lipinski definition) is 3. The normalized spacial score (nSPS) is 34.6. The van der Waals surface area contributed by atoms with Gasteiger partial charge in [0.15, 0.2) is 0 Å². The van der Waals surface area contributed by atoms with Crippen LogP contribution < -0.4 is 0 Å². The molecule has 3 rings (SSSR count). The van der Waals surface area contributed by atoms with Gasteiger partial charge in [-0.2, -0.15) is 0 Å². The van der Waals surface area contributed by atoms with Crippen molar-refractivity contribution in [2.45, 2.75) is 58.8 Å². The Balaban J connectivity index is 1.86. The Morgan fingerprint density at radius 2 is 2.00 bits per heavy atom. The maximum Gasteiger partial charge on any atom is 0.341 e. The molecule has 0 bridgehead atoms. The fourth-order valence-electron chi connectivity index (χ4n) is 3.97. The molecule has 0 radical (unpaired) electrons. The Labute approximate surface area is 133 Å². The van der Waals surface area contributed by atoms with E-state index in [1.54, 1.807) is 0 Å². The molecule has 1 heterocycles. The van der Waals surface area contributed by atoms with Crippen molar-refractivity contribution in [3.8, 4) is 0 Å². The number of ether oxygens (including phenoxy) is 2. The van der Waals surface area contributed by atoms with Crippen LogP contribution in [0.2, 0.25) is 0 Å². The number of carbonyl (C=O) groups is 1. The van der Waals surface area contributed by atoms with Crippen molar-refractivity contribution in [2.24, 2.45) is 17.8 Å². The first-order valence-corrected chi connectivity index (χ1v) is 8.41. The summed E-state index contributed by atoms with van der Waals surface area (Å²) in [5.74, 6) is 0.551. The zero-order valence-electron chi connectivity index (χ0n) is 14.0. The minimum Gasteiger partial charge on any atom is -0.425 e. The summed E-state index contributed by atoms with van der Waals surface area (Å²) in [4.78, 5) is 12.1. The first-order chi connectivity index (χ1) is 10.4. The predicted octanol–water partition coefficient (Wildman–Crippen LogP) is 4.51. The number of cyclic esters (lactones) is 1. The monoisotopic (exact) mass is 302 g/mol. The highest BCUT2D eigenvalue weighted by Crippen LogP contribution is 2.43. The van der Waals surface area contributed by atoms with Crippen LogP contribution in [0.5, 0.6) is 0 Å². The van der Waals surface area contributed by atoms with Crippen LogP contribution in [-0.4, -0.2) is 12.1 Å². The molecule has 1 fully saturated rings. The maximum atomic E-state index is 12.1. The van der Waals surface area contributed by atoms with Crippen LogP contribution >= 0.6 is 0 Å². The van der Waals surface area contributed by atoms with Gasteiger partial charge in [-0.1, -0.05) is 45.4 Å². The molecule has 3 heteroatoms. The molecule has 1 aromatic carbocycles. The molecule has 1 aliphatic carbocycles. The Morgan fingerprint density at radius 3 is 2.73 bits per heavy atom. The Kier molecular flexibility index (Phi) is 4.02. The van der Waals surface area contributed by atoms with E-state index in [4.69, 9.17) is 9.47 Å². The average molecular weight is 302 g/mol. The molecule has 0 saturated heterocycles. The SMILES string of the molecule is CC(C)[C@@H]1CC[C@@H](C)C[C@H]1OC1(C)OC(=O)c2ccccc21. The standard InChI is InChI=1S/C19H26O3/c1-12(2)14-10-9-13(3)11-17(14)21-19(4)16-8-6-5-7-15(16)18(20)22-19/h5-8,12-14,17H,9-11H2,1-4H3/t13-,14+,17-,19?/m1/s1. The highest BCUT2D eigenvalue weighted by molar-refractivity contribution is 5.94. The summed E-state index contributed by atoms with van der Waals surface area (Å²) in [6.45, 7) is 8.68. The summed E-state index contributed by atoms with van der Waals surface area (Å²) in [5.41, 5.74) is 1.50. The number of hydrogen-bond donors (Lipinski definition) is 0. The molecular weight excluding hydrogens is 276 g/mol. The molecule has 1 aromatic rings. The van der Waals surface area contributed by atoms with E-state index in [1.165, 1.54) is 12.8 Å². The second kappa shape index (κ2) is 5.69. The molecule has 4 atom stereocenters. The van der Waals surface area contributed by atoms with Crippen molar-refractivity contribution in [1.82, 2.24) is 0 Å². The zero-order chi connectivity index (χ0) is 15.9.